The molecule has 3 amide bonds. The van der Waals surface area contributed by atoms with Crippen molar-refractivity contribution in [3.8, 4) is 11.5 Å². The lowest BCUT2D eigenvalue weighted by atomic mass is 9.86. The summed E-state index contributed by atoms with van der Waals surface area (Å²) >= 11 is 0. The van der Waals surface area contributed by atoms with Gasteiger partial charge in [0.2, 0.25) is 5.56 Å². The van der Waals surface area contributed by atoms with Crippen LogP contribution in [-0.4, -0.2) is 83.6 Å². The number of carbonyl (C=O) groups is 3. The van der Waals surface area contributed by atoms with Gasteiger partial charge in [0.25, 0.3) is 0 Å². The highest BCUT2D eigenvalue weighted by atomic mass is 16.6. The summed E-state index contributed by atoms with van der Waals surface area (Å²) in [5, 5.41) is 33.2. The zero-order valence-corrected chi connectivity index (χ0v) is 35.7. The molecule has 3 saturated heterocycles. The van der Waals surface area contributed by atoms with Crippen LogP contribution in [0.1, 0.15) is 63.2 Å². The fraction of sp³-hybridized carbons (Fsp3) is 0.280. The fourth-order valence-corrected chi connectivity index (χ4v) is 8.31. The minimum absolute atomic E-state index is 0.0297. The molecule has 65 heavy (non-hydrogen) atoms. The maximum atomic E-state index is 13.2. The van der Waals surface area contributed by atoms with Gasteiger partial charge in [-0.1, -0.05) is 72.8 Å². The molecule has 3 aliphatic heterocycles. The Morgan fingerprint density at radius 2 is 1.58 bits per heavy atom. The van der Waals surface area contributed by atoms with Gasteiger partial charge in [0.15, 0.2) is 0 Å². The molecule has 4 heterocycles. The molecule has 0 saturated carbocycles. The highest BCUT2D eigenvalue weighted by Crippen LogP contribution is 2.32. The monoisotopic (exact) mass is 880 g/mol. The van der Waals surface area contributed by atoms with E-state index in [-0.39, 0.29) is 49.2 Å². The number of esters is 1. The second kappa shape index (κ2) is 21.0. The molecular formula is C50H52N6O9. The van der Waals surface area contributed by atoms with Crippen molar-refractivity contribution in [3.63, 3.8) is 0 Å². The van der Waals surface area contributed by atoms with Gasteiger partial charge in [0, 0.05) is 36.8 Å². The van der Waals surface area contributed by atoms with Crippen molar-refractivity contribution in [1.29, 1.82) is 0 Å². The second-order valence-corrected chi connectivity index (χ2v) is 16.3. The Morgan fingerprint density at radius 1 is 0.831 bits per heavy atom. The number of aromatic nitrogens is 1. The van der Waals surface area contributed by atoms with Crippen molar-refractivity contribution in [3.05, 3.63) is 171 Å². The molecular weight excluding hydrogens is 829 g/mol. The summed E-state index contributed by atoms with van der Waals surface area (Å²) in [7, 11) is 0. The Balaban J connectivity index is 0.742. The van der Waals surface area contributed by atoms with Crippen LogP contribution in [0.3, 0.4) is 0 Å². The molecule has 3 aliphatic rings. The number of benzene rings is 5. The first-order valence-electron chi connectivity index (χ1n) is 21.8. The third-order valence-corrected chi connectivity index (χ3v) is 11.8. The van der Waals surface area contributed by atoms with E-state index < -0.39 is 30.2 Å². The molecule has 3 fully saturated rings. The number of hydrogen-bond donors (Lipinski definition) is 7. The van der Waals surface area contributed by atoms with Crippen molar-refractivity contribution in [2.45, 2.75) is 44.2 Å². The molecule has 15 heteroatoms. The number of alkyl carbamates (subject to hydrolysis) is 1. The molecule has 336 valence electrons. The summed E-state index contributed by atoms with van der Waals surface area (Å²) in [6.07, 6.45) is 0.682. The van der Waals surface area contributed by atoms with E-state index in [2.05, 4.69) is 31.2 Å². The van der Waals surface area contributed by atoms with Crippen molar-refractivity contribution < 1.29 is 38.8 Å². The summed E-state index contributed by atoms with van der Waals surface area (Å²) in [4.78, 5) is 55.1. The molecule has 3 unspecified atom stereocenters. The van der Waals surface area contributed by atoms with Crippen molar-refractivity contribution >= 4 is 34.7 Å². The number of rotatable bonds is 17. The summed E-state index contributed by atoms with van der Waals surface area (Å²) < 4.78 is 17.5. The normalized spacial score (nSPS) is 17.4. The van der Waals surface area contributed by atoms with Gasteiger partial charge in [-0.25, -0.2) is 14.4 Å². The van der Waals surface area contributed by atoms with E-state index in [1.165, 1.54) is 12.1 Å². The third-order valence-electron chi connectivity index (χ3n) is 11.8. The minimum Gasteiger partial charge on any atom is -0.506 e. The SMILES string of the molecule is O=C(NCCOC(=O)c1ccc(COc2cccc(C(NC(=O)OC3CN4CCC3CC4)c3ccccc3)c2)cc1)Nc1ccc(CNCC(O)c2ccc(O)c3[nH]c(=O)ccc23)cc1. The van der Waals surface area contributed by atoms with Crippen LogP contribution in [0, 0.1) is 5.92 Å². The van der Waals surface area contributed by atoms with Crippen molar-refractivity contribution in [1.82, 2.24) is 25.8 Å². The van der Waals surface area contributed by atoms with Gasteiger partial charge in [0.1, 0.15) is 30.8 Å². The van der Waals surface area contributed by atoms with Crippen molar-refractivity contribution in [2.24, 2.45) is 5.92 Å². The number of amides is 3. The van der Waals surface area contributed by atoms with Crippen LogP contribution in [0.25, 0.3) is 10.9 Å². The number of ether oxygens (including phenoxy) is 3. The van der Waals surface area contributed by atoms with Gasteiger partial charge in [0.05, 0.1) is 29.8 Å². The predicted octanol–water partition coefficient (Wildman–Crippen LogP) is 6.52. The number of anilines is 1. The molecule has 1 aromatic heterocycles. The predicted molar refractivity (Wildman–Crippen MR) is 245 cm³/mol. The zero-order valence-electron chi connectivity index (χ0n) is 35.7. The largest absolute Gasteiger partial charge is 0.506 e. The van der Waals surface area contributed by atoms with E-state index in [9.17, 15) is 29.4 Å². The highest BCUT2D eigenvalue weighted by molar-refractivity contribution is 5.90. The van der Waals surface area contributed by atoms with E-state index in [1.54, 1.807) is 48.5 Å². The van der Waals surface area contributed by atoms with Gasteiger partial charge < -0.3 is 50.7 Å². The molecule has 9 rings (SSSR count). The van der Waals surface area contributed by atoms with Gasteiger partial charge in [-0.3, -0.25) is 9.69 Å². The molecule has 0 spiro atoms. The molecule has 2 bridgehead atoms. The number of nitrogens with one attached hydrogen (secondary N) is 5. The van der Waals surface area contributed by atoms with Gasteiger partial charge in [-0.2, -0.15) is 0 Å². The van der Waals surface area contributed by atoms with Crippen LogP contribution in [-0.2, 0) is 22.6 Å². The molecule has 0 aliphatic carbocycles. The maximum Gasteiger partial charge on any atom is 0.408 e. The maximum absolute atomic E-state index is 13.2. The number of aromatic amines is 1. The Morgan fingerprint density at radius 3 is 2.34 bits per heavy atom. The number of phenols is 1. The van der Waals surface area contributed by atoms with E-state index in [0.717, 1.165) is 54.7 Å². The van der Waals surface area contributed by atoms with Crippen LogP contribution in [0.2, 0.25) is 0 Å². The first kappa shape index (κ1) is 44.4. The fourth-order valence-electron chi connectivity index (χ4n) is 8.31. The van der Waals surface area contributed by atoms with Crippen LogP contribution < -0.4 is 31.6 Å². The van der Waals surface area contributed by atoms with Gasteiger partial charge in [-0.15, -0.1) is 0 Å². The Labute approximate surface area is 375 Å². The third kappa shape index (κ3) is 11.7. The quantitative estimate of drug-likeness (QED) is 0.0388. The number of pyridine rings is 1. The number of hydrogen-bond acceptors (Lipinski definition) is 11. The molecule has 6 aromatic rings. The molecule has 3 atom stereocenters. The first-order valence-corrected chi connectivity index (χ1v) is 21.8. The number of aliphatic hydroxyl groups excluding tert-OH is 1. The standard InChI is InChI=1S/C50H52N6O9/c57-42-19-17-40(41-18-20-45(59)54-47(41)42)43(58)29-51-28-32-11-15-38(16-12-32)53-49(61)52-23-26-63-48(60)36-13-9-33(10-14-36)31-64-39-8-4-7-37(27-39)46(35-5-2-1-3-6-35)55-50(62)65-44-30-56-24-21-34(44)22-25-56/h1-20,27,34,43-44,46,51,57-58H,21-26,28-31H2,(H,54,59)(H,55,62)(H2,52,53,61). The van der Waals surface area contributed by atoms with Crippen LogP contribution in [0.4, 0.5) is 15.3 Å². The summed E-state index contributed by atoms with van der Waals surface area (Å²) in [6.45, 7) is 3.90. The Hall–Kier alpha value is -7.20. The summed E-state index contributed by atoms with van der Waals surface area (Å²) in [5.74, 6) is 0.433. The number of piperidine rings is 3. The van der Waals surface area contributed by atoms with Crippen molar-refractivity contribution in [2.75, 3.05) is 44.6 Å². The lowest BCUT2D eigenvalue weighted by Gasteiger charge is -2.43. The van der Waals surface area contributed by atoms with Gasteiger partial charge in [-0.05, 0) is 108 Å². The topological polar surface area (TPSA) is 204 Å². The molecule has 0 radical (unpaired) electrons. The van der Waals surface area contributed by atoms with E-state index in [4.69, 9.17) is 14.2 Å². The number of phenolic OH excluding ortho intramolecular Hbond substituents is 1. The Bertz CT molecular complexity index is 2630. The number of urea groups is 1. The smallest absolute Gasteiger partial charge is 0.408 e. The number of aliphatic hydroxyl groups is 1. The van der Waals surface area contributed by atoms with Crippen LogP contribution >= 0.6 is 0 Å². The summed E-state index contributed by atoms with van der Waals surface area (Å²) in [6, 6.07) is 36.6. The van der Waals surface area contributed by atoms with Gasteiger partial charge >= 0.3 is 18.1 Å². The van der Waals surface area contributed by atoms with Crippen LogP contribution in [0.5, 0.6) is 11.5 Å². The zero-order chi connectivity index (χ0) is 45.1. The second-order valence-electron chi connectivity index (χ2n) is 16.3. The molecule has 15 nitrogen and oxygen atoms in total. The first-order chi connectivity index (χ1) is 31.6. The van der Waals surface area contributed by atoms with E-state index >= 15 is 0 Å². The number of aromatic hydroxyl groups is 1. The van der Waals surface area contributed by atoms with E-state index in [1.807, 2.05) is 66.7 Å². The number of H-pyrrole nitrogens is 1. The lowest BCUT2D eigenvalue weighted by Crippen LogP contribution is -2.52. The molecule has 5 aromatic carbocycles. The highest BCUT2D eigenvalue weighted by Gasteiger charge is 2.37. The number of nitrogens with zero attached hydrogens (tertiary/aromatic N) is 1. The summed E-state index contributed by atoms with van der Waals surface area (Å²) in [5.41, 5.74) is 4.95. The minimum atomic E-state index is -0.890. The Kier molecular flexibility index (Phi) is 14.3. The average molecular weight is 881 g/mol. The van der Waals surface area contributed by atoms with Crippen LogP contribution in [0.15, 0.2) is 132 Å². The lowest BCUT2D eigenvalue weighted by molar-refractivity contribution is -0.0336. The van der Waals surface area contributed by atoms with E-state index in [0.29, 0.717) is 40.4 Å². The average Bonchev–Trinajstić information content (AvgIpc) is 3.33. The number of fused-ring (bicyclic) bond motifs is 4. The molecule has 7 N–H and O–H groups in total. The number of carbonyl (C=O) groups excluding carboxylic acids is 3.